The summed E-state index contributed by atoms with van der Waals surface area (Å²) in [5.41, 5.74) is 0. The Kier molecular flexibility index (Phi) is 7.70. The maximum atomic E-state index is 5.88. The average Bonchev–Trinajstić information content (AvgIpc) is 2.56. The van der Waals surface area contributed by atoms with E-state index < -0.39 is 17.6 Å². The van der Waals surface area contributed by atoms with E-state index in [9.17, 15) is 0 Å². The summed E-state index contributed by atoms with van der Waals surface area (Å²) in [6.07, 6.45) is 0. The molecule has 21 heavy (non-hydrogen) atoms. The summed E-state index contributed by atoms with van der Waals surface area (Å²) in [5.74, 6) is 0. The van der Waals surface area contributed by atoms with Gasteiger partial charge in [0.05, 0.1) is 13.2 Å². The first-order chi connectivity index (χ1) is 10.1. The minimum atomic E-state index is -2.88. The van der Waals surface area contributed by atoms with E-state index in [0.29, 0.717) is 13.2 Å². The number of benzene rings is 1. The summed E-state index contributed by atoms with van der Waals surface area (Å²) in [5, 5.41) is 0.911. The van der Waals surface area contributed by atoms with Gasteiger partial charge < -0.3 is 26.6 Å². The van der Waals surface area contributed by atoms with E-state index >= 15 is 0 Å². The van der Waals surface area contributed by atoms with Crippen molar-refractivity contribution in [2.24, 2.45) is 0 Å². The van der Waals surface area contributed by atoms with Crippen LogP contribution in [0.3, 0.4) is 0 Å². The quantitative estimate of drug-likeness (QED) is 0.471. The molecule has 6 nitrogen and oxygen atoms in total. The second kappa shape index (κ2) is 8.76. The highest BCUT2D eigenvalue weighted by Gasteiger charge is 2.42. The molecule has 1 aromatic rings. The van der Waals surface area contributed by atoms with Gasteiger partial charge in [-0.2, -0.15) is 0 Å². The fourth-order valence-corrected chi connectivity index (χ4v) is 4.62. The number of rotatable bonds is 10. The molecular formula is C13H24O6Si2. The number of hydrogen-bond donors (Lipinski definition) is 0. The predicted octanol–water partition coefficient (Wildman–Crippen LogP) is 1.02. The van der Waals surface area contributed by atoms with Crippen molar-refractivity contribution in [3.8, 4) is 0 Å². The minimum Gasteiger partial charge on any atom is -0.377 e. The molecular weight excluding hydrogens is 308 g/mol. The molecule has 0 aliphatic carbocycles. The molecule has 0 aromatic heterocycles. The molecule has 0 spiro atoms. The lowest BCUT2D eigenvalue weighted by Gasteiger charge is -2.27. The molecule has 0 unspecified atom stereocenters. The van der Waals surface area contributed by atoms with Gasteiger partial charge in [0.1, 0.15) is 0 Å². The van der Waals surface area contributed by atoms with Crippen molar-refractivity contribution >= 4 is 22.8 Å². The normalized spacial score (nSPS) is 12.6. The molecule has 0 fully saturated rings. The molecule has 0 heterocycles. The summed E-state index contributed by atoms with van der Waals surface area (Å²) < 4.78 is 33.1. The van der Waals surface area contributed by atoms with Crippen LogP contribution in [0.1, 0.15) is 0 Å². The standard InChI is InChI=1S/C13H24O6Si2/c1-14-20(5,15-2)18-11-12-19-21(16-3,17-4)13-9-7-6-8-10-13/h6-10H,11-12H2,1-5H3. The lowest BCUT2D eigenvalue weighted by Crippen LogP contribution is -2.56. The van der Waals surface area contributed by atoms with Crippen LogP contribution in [-0.4, -0.2) is 59.3 Å². The van der Waals surface area contributed by atoms with E-state index in [0.717, 1.165) is 5.19 Å². The Labute approximate surface area is 128 Å². The van der Waals surface area contributed by atoms with Crippen LogP contribution < -0.4 is 5.19 Å². The van der Waals surface area contributed by atoms with E-state index in [4.69, 9.17) is 26.6 Å². The van der Waals surface area contributed by atoms with Crippen molar-refractivity contribution in [2.45, 2.75) is 6.55 Å². The molecule has 0 bridgehead atoms. The molecule has 0 aliphatic rings. The van der Waals surface area contributed by atoms with Gasteiger partial charge in [0.2, 0.25) is 0 Å². The highest BCUT2D eigenvalue weighted by atomic mass is 28.4. The maximum absolute atomic E-state index is 5.88. The second-order valence-corrected chi connectivity index (χ2v) is 9.92. The maximum Gasteiger partial charge on any atom is 0.536 e. The van der Waals surface area contributed by atoms with Gasteiger partial charge in [-0.15, -0.1) is 0 Å². The Morgan fingerprint density at radius 3 is 1.76 bits per heavy atom. The molecule has 0 amide bonds. The zero-order valence-electron chi connectivity index (χ0n) is 13.3. The van der Waals surface area contributed by atoms with Gasteiger partial charge in [-0.3, -0.25) is 0 Å². The van der Waals surface area contributed by atoms with Gasteiger partial charge in [0, 0.05) is 40.2 Å². The van der Waals surface area contributed by atoms with Crippen molar-refractivity contribution in [2.75, 3.05) is 41.7 Å². The second-order valence-electron chi connectivity index (χ2n) is 4.30. The van der Waals surface area contributed by atoms with Gasteiger partial charge in [-0.05, 0) is 0 Å². The molecule has 0 saturated heterocycles. The van der Waals surface area contributed by atoms with E-state index in [2.05, 4.69) is 0 Å². The zero-order valence-corrected chi connectivity index (χ0v) is 15.3. The monoisotopic (exact) mass is 332 g/mol. The van der Waals surface area contributed by atoms with E-state index in [1.165, 1.54) is 0 Å². The number of hydrogen-bond acceptors (Lipinski definition) is 6. The average molecular weight is 333 g/mol. The van der Waals surface area contributed by atoms with Crippen LogP contribution in [-0.2, 0) is 26.6 Å². The van der Waals surface area contributed by atoms with Crippen LogP contribution in [0.25, 0.3) is 0 Å². The Morgan fingerprint density at radius 1 is 0.762 bits per heavy atom. The van der Waals surface area contributed by atoms with Gasteiger partial charge >= 0.3 is 17.6 Å². The zero-order chi connectivity index (χ0) is 15.8. The first kappa shape index (κ1) is 18.5. The lowest BCUT2D eigenvalue weighted by atomic mass is 10.4. The molecule has 0 radical (unpaired) electrons. The van der Waals surface area contributed by atoms with E-state index in [1.54, 1.807) is 28.4 Å². The van der Waals surface area contributed by atoms with Crippen molar-refractivity contribution in [1.29, 1.82) is 0 Å². The van der Waals surface area contributed by atoms with E-state index in [1.807, 2.05) is 36.9 Å². The SMILES string of the molecule is CO[Si](C)(OC)OCCO[Si](OC)(OC)c1ccccc1. The van der Waals surface area contributed by atoms with Crippen LogP contribution in [0.5, 0.6) is 0 Å². The Bertz CT molecular complexity index is 395. The Balaban J connectivity index is 2.61. The van der Waals surface area contributed by atoms with Gasteiger partial charge in [-0.1, -0.05) is 30.3 Å². The van der Waals surface area contributed by atoms with Crippen molar-refractivity contribution < 1.29 is 26.6 Å². The molecule has 0 N–H and O–H groups in total. The highest BCUT2D eigenvalue weighted by molar-refractivity contribution is 6.75. The summed E-state index contributed by atoms with van der Waals surface area (Å²) in [6.45, 7) is 2.50. The van der Waals surface area contributed by atoms with Crippen molar-refractivity contribution in [3.63, 3.8) is 0 Å². The smallest absolute Gasteiger partial charge is 0.377 e. The van der Waals surface area contributed by atoms with Crippen LogP contribution in [0, 0.1) is 0 Å². The van der Waals surface area contributed by atoms with Gasteiger partial charge in [0.25, 0.3) is 0 Å². The molecule has 8 heteroatoms. The summed E-state index contributed by atoms with van der Waals surface area (Å²) in [6, 6.07) is 9.65. The van der Waals surface area contributed by atoms with Crippen molar-refractivity contribution in [1.82, 2.24) is 0 Å². The lowest BCUT2D eigenvalue weighted by molar-refractivity contribution is 0.0606. The first-order valence-corrected chi connectivity index (χ1v) is 10.5. The molecule has 1 rings (SSSR count). The largest absolute Gasteiger partial charge is 0.536 e. The van der Waals surface area contributed by atoms with Crippen LogP contribution in [0.4, 0.5) is 0 Å². The van der Waals surface area contributed by atoms with E-state index in [-0.39, 0.29) is 0 Å². The van der Waals surface area contributed by atoms with Gasteiger partial charge in [-0.25, -0.2) is 0 Å². The molecule has 0 saturated carbocycles. The van der Waals surface area contributed by atoms with Crippen LogP contribution >= 0.6 is 0 Å². The molecule has 0 aliphatic heterocycles. The topological polar surface area (TPSA) is 55.4 Å². The predicted molar refractivity (Wildman–Crippen MR) is 83.4 cm³/mol. The fraction of sp³-hybridized carbons (Fsp3) is 0.538. The van der Waals surface area contributed by atoms with Crippen LogP contribution in [0.15, 0.2) is 30.3 Å². The molecule has 120 valence electrons. The third kappa shape index (κ3) is 4.97. The van der Waals surface area contributed by atoms with Gasteiger partial charge in [0.15, 0.2) is 0 Å². The Morgan fingerprint density at radius 2 is 1.29 bits per heavy atom. The first-order valence-electron chi connectivity index (χ1n) is 6.60. The molecule has 0 atom stereocenters. The van der Waals surface area contributed by atoms with Crippen LogP contribution in [0.2, 0.25) is 6.55 Å². The third-order valence-electron chi connectivity index (χ3n) is 3.15. The minimum absolute atomic E-state index is 0.331. The van der Waals surface area contributed by atoms with Crippen molar-refractivity contribution in [3.05, 3.63) is 30.3 Å². The highest BCUT2D eigenvalue weighted by Crippen LogP contribution is 2.10. The summed E-state index contributed by atoms with van der Waals surface area (Å²) in [7, 11) is 0.905. The summed E-state index contributed by atoms with van der Waals surface area (Å²) in [4.78, 5) is 0. The fourth-order valence-electron chi connectivity index (χ4n) is 1.77. The molecule has 1 aromatic carbocycles. The summed E-state index contributed by atoms with van der Waals surface area (Å²) >= 11 is 0. The Hall–Kier alpha value is -0.586. The third-order valence-corrected chi connectivity index (χ3v) is 8.06.